The summed E-state index contributed by atoms with van der Waals surface area (Å²) in [6.45, 7) is 0. The normalized spacial score (nSPS) is 9.50. The van der Waals surface area contributed by atoms with Crippen LogP contribution < -0.4 is 0 Å². The van der Waals surface area contributed by atoms with Crippen molar-refractivity contribution in [2.45, 2.75) is 0 Å². The van der Waals surface area contributed by atoms with Gasteiger partial charge in [-0.1, -0.05) is 0 Å². The molecule has 12 heavy (non-hydrogen) atoms. The lowest BCUT2D eigenvalue weighted by molar-refractivity contribution is 0.112. The molecule has 1 rings (SSSR count). The Hall–Kier alpha value is -0.480. The first-order chi connectivity index (χ1) is 5.69. The van der Waals surface area contributed by atoms with E-state index in [1.165, 1.54) is 6.07 Å². The van der Waals surface area contributed by atoms with Gasteiger partial charge in [-0.05, 0) is 44.0 Å². The van der Waals surface area contributed by atoms with Crippen molar-refractivity contribution in [2.75, 3.05) is 0 Å². The summed E-state index contributed by atoms with van der Waals surface area (Å²) in [4.78, 5) is 20.9. The van der Waals surface area contributed by atoms with Crippen LogP contribution in [0.15, 0.2) is 21.1 Å². The Morgan fingerprint density at radius 1 is 1.08 bits per heavy atom. The predicted molar refractivity (Wildman–Crippen MR) is 52.6 cm³/mol. The van der Waals surface area contributed by atoms with E-state index in [1.54, 1.807) is 6.07 Å². The standard InChI is InChI=1S/C8H4Br2O2/c9-7-2-5(3-11)1-6(4-12)8(7)10/h1-4H. The molecule has 0 heterocycles. The highest BCUT2D eigenvalue weighted by atomic mass is 79.9. The van der Waals surface area contributed by atoms with Gasteiger partial charge < -0.3 is 0 Å². The van der Waals surface area contributed by atoms with Crippen molar-refractivity contribution in [3.8, 4) is 0 Å². The van der Waals surface area contributed by atoms with Crippen molar-refractivity contribution < 1.29 is 9.59 Å². The summed E-state index contributed by atoms with van der Waals surface area (Å²) < 4.78 is 1.37. The number of hydrogen-bond donors (Lipinski definition) is 0. The average Bonchev–Trinajstić information content (AvgIpc) is 2.09. The van der Waals surface area contributed by atoms with Crippen LogP contribution in [0.4, 0.5) is 0 Å². The minimum Gasteiger partial charge on any atom is -0.298 e. The molecular weight excluding hydrogens is 288 g/mol. The topological polar surface area (TPSA) is 34.1 Å². The van der Waals surface area contributed by atoms with Crippen molar-refractivity contribution in [2.24, 2.45) is 0 Å². The van der Waals surface area contributed by atoms with Crippen molar-refractivity contribution in [3.05, 3.63) is 32.2 Å². The molecule has 0 aromatic heterocycles. The second-order valence-corrected chi connectivity index (χ2v) is 3.79. The van der Waals surface area contributed by atoms with Crippen LogP contribution in [0.2, 0.25) is 0 Å². The summed E-state index contributed by atoms with van der Waals surface area (Å²) in [6.07, 6.45) is 1.39. The molecular formula is C8H4Br2O2. The van der Waals surface area contributed by atoms with E-state index in [4.69, 9.17) is 0 Å². The third kappa shape index (κ3) is 1.81. The molecule has 0 aliphatic heterocycles. The molecule has 0 radical (unpaired) electrons. The fourth-order valence-electron chi connectivity index (χ4n) is 0.786. The summed E-state index contributed by atoms with van der Waals surface area (Å²) in [5.41, 5.74) is 0.943. The minimum atomic E-state index is 0.464. The van der Waals surface area contributed by atoms with Crippen molar-refractivity contribution in [1.29, 1.82) is 0 Å². The van der Waals surface area contributed by atoms with Gasteiger partial charge in [0, 0.05) is 20.1 Å². The van der Waals surface area contributed by atoms with Crippen LogP contribution >= 0.6 is 31.9 Å². The summed E-state index contributed by atoms with van der Waals surface area (Å²) in [5.74, 6) is 0. The van der Waals surface area contributed by atoms with E-state index in [2.05, 4.69) is 31.9 Å². The van der Waals surface area contributed by atoms with Gasteiger partial charge in [0.1, 0.15) is 6.29 Å². The first-order valence-electron chi connectivity index (χ1n) is 3.08. The van der Waals surface area contributed by atoms with Crippen LogP contribution in [-0.2, 0) is 0 Å². The van der Waals surface area contributed by atoms with E-state index >= 15 is 0 Å². The Morgan fingerprint density at radius 3 is 2.25 bits per heavy atom. The Bertz CT molecular complexity index is 334. The van der Waals surface area contributed by atoms with Gasteiger partial charge >= 0.3 is 0 Å². The Balaban J connectivity index is 3.37. The van der Waals surface area contributed by atoms with Crippen LogP contribution in [0.5, 0.6) is 0 Å². The molecule has 0 N–H and O–H groups in total. The molecule has 4 heteroatoms. The number of benzene rings is 1. The van der Waals surface area contributed by atoms with Crippen molar-refractivity contribution in [1.82, 2.24) is 0 Å². The number of carbonyl (C=O) groups excluding carboxylic acids is 2. The Morgan fingerprint density at radius 2 is 1.75 bits per heavy atom. The van der Waals surface area contributed by atoms with Crippen LogP contribution in [0.25, 0.3) is 0 Å². The van der Waals surface area contributed by atoms with Crippen LogP contribution in [0.1, 0.15) is 20.7 Å². The van der Waals surface area contributed by atoms with Gasteiger partial charge in [-0.2, -0.15) is 0 Å². The molecule has 0 aliphatic carbocycles. The molecule has 0 atom stereocenters. The van der Waals surface area contributed by atoms with E-state index in [-0.39, 0.29) is 0 Å². The summed E-state index contributed by atoms with van der Waals surface area (Å²) in [6, 6.07) is 3.17. The zero-order valence-corrected chi connectivity index (χ0v) is 9.05. The second-order valence-electron chi connectivity index (χ2n) is 2.14. The molecule has 62 valence electrons. The van der Waals surface area contributed by atoms with Crippen molar-refractivity contribution in [3.63, 3.8) is 0 Å². The zero-order valence-electron chi connectivity index (χ0n) is 5.88. The van der Waals surface area contributed by atoms with E-state index in [1.807, 2.05) is 0 Å². The lowest BCUT2D eigenvalue weighted by Gasteiger charge is -2.00. The second kappa shape index (κ2) is 3.96. The Kier molecular flexibility index (Phi) is 3.17. The largest absolute Gasteiger partial charge is 0.298 e. The highest BCUT2D eigenvalue weighted by Crippen LogP contribution is 2.26. The molecule has 1 aromatic carbocycles. The number of aldehydes is 2. The number of hydrogen-bond acceptors (Lipinski definition) is 2. The predicted octanol–water partition coefficient (Wildman–Crippen LogP) is 2.84. The fourth-order valence-corrected chi connectivity index (χ4v) is 1.60. The fraction of sp³-hybridized carbons (Fsp3) is 0. The average molecular weight is 292 g/mol. The molecule has 0 bridgehead atoms. The highest BCUT2D eigenvalue weighted by molar-refractivity contribution is 9.13. The summed E-state index contributed by atoms with van der Waals surface area (Å²) in [5, 5.41) is 0. The van der Waals surface area contributed by atoms with E-state index < -0.39 is 0 Å². The minimum absolute atomic E-state index is 0.464. The van der Waals surface area contributed by atoms with Gasteiger partial charge in [0.05, 0.1) is 0 Å². The first kappa shape index (κ1) is 9.61. The van der Waals surface area contributed by atoms with Gasteiger partial charge in [-0.25, -0.2) is 0 Å². The molecule has 0 spiro atoms. The third-order valence-electron chi connectivity index (χ3n) is 1.34. The van der Waals surface area contributed by atoms with Gasteiger partial charge in [-0.15, -0.1) is 0 Å². The van der Waals surface area contributed by atoms with Gasteiger partial charge in [0.25, 0.3) is 0 Å². The lowest BCUT2D eigenvalue weighted by Crippen LogP contribution is -1.88. The summed E-state index contributed by atoms with van der Waals surface area (Å²) in [7, 11) is 0. The van der Waals surface area contributed by atoms with Gasteiger partial charge in [0.2, 0.25) is 0 Å². The summed E-state index contributed by atoms with van der Waals surface area (Å²) >= 11 is 6.42. The molecule has 0 saturated carbocycles. The SMILES string of the molecule is O=Cc1cc(Br)c(Br)c(C=O)c1. The van der Waals surface area contributed by atoms with E-state index in [0.717, 1.165) is 0 Å². The maximum Gasteiger partial charge on any atom is 0.151 e. The monoisotopic (exact) mass is 290 g/mol. The number of carbonyl (C=O) groups is 2. The van der Waals surface area contributed by atoms with Crippen LogP contribution in [-0.4, -0.2) is 12.6 Å². The number of halogens is 2. The smallest absolute Gasteiger partial charge is 0.151 e. The Labute approximate surface area is 86.2 Å². The number of rotatable bonds is 2. The quantitative estimate of drug-likeness (QED) is 0.785. The maximum absolute atomic E-state index is 10.5. The first-order valence-corrected chi connectivity index (χ1v) is 4.67. The van der Waals surface area contributed by atoms with E-state index in [9.17, 15) is 9.59 Å². The highest BCUT2D eigenvalue weighted by Gasteiger charge is 2.04. The third-order valence-corrected chi connectivity index (χ3v) is 3.38. The molecule has 0 unspecified atom stereocenters. The van der Waals surface area contributed by atoms with E-state index in [0.29, 0.717) is 32.6 Å². The molecule has 0 saturated heterocycles. The molecule has 0 amide bonds. The zero-order chi connectivity index (χ0) is 9.14. The van der Waals surface area contributed by atoms with Crippen LogP contribution in [0.3, 0.4) is 0 Å². The molecule has 0 aliphatic rings. The molecule has 0 fully saturated rings. The van der Waals surface area contributed by atoms with Crippen LogP contribution in [0, 0.1) is 0 Å². The lowest BCUT2D eigenvalue weighted by atomic mass is 10.1. The molecule has 2 nitrogen and oxygen atoms in total. The van der Waals surface area contributed by atoms with Gasteiger partial charge in [-0.3, -0.25) is 9.59 Å². The maximum atomic E-state index is 10.5. The van der Waals surface area contributed by atoms with Crippen molar-refractivity contribution >= 4 is 44.4 Å². The molecule has 1 aromatic rings. The van der Waals surface area contributed by atoms with Gasteiger partial charge in [0.15, 0.2) is 6.29 Å².